The lowest BCUT2D eigenvalue weighted by atomic mass is 10.1. The summed E-state index contributed by atoms with van der Waals surface area (Å²) in [6, 6.07) is 0.537. The highest BCUT2D eigenvalue weighted by Crippen LogP contribution is 2.05. The highest BCUT2D eigenvalue weighted by molar-refractivity contribution is 5.02. The second-order valence-electron chi connectivity index (χ2n) is 2.72. The van der Waals surface area contributed by atoms with Crippen LogP contribution >= 0.6 is 0 Å². The van der Waals surface area contributed by atoms with Gasteiger partial charge in [0.15, 0.2) is 0 Å². The third-order valence-electron chi connectivity index (χ3n) is 1.85. The molecule has 1 aliphatic rings. The van der Waals surface area contributed by atoms with Gasteiger partial charge in [-0.25, -0.2) is 0 Å². The summed E-state index contributed by atoms with van der Waals surface area (Å²) in [5, 5.41) is 3.33. The highest BCUT2D eigenvalue weighted by Gasteiger charge is 2.11. The molecule has 0 radical (unpaired) electrons. The van der Waals surface area contributed by atoms with Crippen LogP contribution in [0.4, 0.5) is 0 Å². The Kier molecular flexibility index (Phi) is 2.90. The summed E-state index contributed by atoms with van der Waals surface area (Å²) in [7, 11) is 1.75. The van der Waals surface area contributed by atoms with Gasteiger partial charge in [-0.3, -0.25) is 0 Å². The predicted molar refractivity (Wildman–Crippen MR) is 42.0 cm³/mol. The van der Waals surface area contributed by atoms with E-state index in [4.69, 9.17) is 4.74 Å². The zero-order chi connectivity index (χ0) is 7.40. The van der Waals surface area contributed by atoms with Crippen LogP contribution in [0.5, 0.6) is 0 Å². The number of ether oxygens (including phenoxy) is 1. The van der Waals surface area contributed by atoms with Crippen molar-refractivity contribution in [3.05, 3.63) is 12.2 Å². The van der Waals surface area contributed by atoms with Gasteiger partial charge in [0.1, 0.15) is 0 Å². The van der Waals surface area contributed by atoms with Crippen LogP contribution in [0.25, 0.3) is 0 Å². The number of rotatable bonds is 3. The molecule has 0 aromatic rings. The van der Waals surface area contributed by atoms with Crippen molar-refractivity contribution >= 4 is 0 Å². The van der Waals surface area contributed by atoms with Crippen LogP contribution in [-0.2, 0) is 4.74 Å². The van der Waals surface area contributed by atoms with E-state index < -0.39 is 0 Å². The van der Waals surface area contributed by atoms with Gasteiger partial charge >= 0.3 is 0 Å². The summed E-state index contributed by atoms with van der Waals surface area (Å²) in [5.41, 5.74) is 0. The molecular weight excluding hydrogens is 126 g/mol. The third kappa shape index (κ3) is 2.12. The first-order valence-corrected chi connectivity index (χ1v) is 3.75. The molecular formula is C8H15NO. The van der Waals surface area contributed by atoms with Crippen LogP contribution in [0, 0.1) is 0 Å². The normalized spacial score (nSPS) is 27.2. The first-order valence-electron chi connectivity index (χ1n) is 3.75. The Labute approximate surface area is 62.3 Å². The minimum atomic E-state index is 0.361. The first-order chi connectivity index (χ1) is 4.83. The molecule has 1 aliphatic heterocycles. The Hall–Kier alpha value is -0.340. The fraction of sp³-hybridized carbons (Fsp3) is 0.750. The average Bonchev–Trinajstić information content (AvgIpc) is 2.40. The number of hydrogen-bond acceptors (Lipinski definition) is 2. The molecule has 0 saturated heterocycles. The van der Waals surface area contributed by atoms with E-state index in [-0.39, 0.29) is 0 Å². The van der Waals surface area contributed by atoms with Crippen molar-refractivity contribution in [1.82, 2.24) is 5.32 Å². The van der Waals surface area contributed by atoms with Gasteiger partial charge in [-0.1, -0.05) is 12.2 Å². The molecule has 58 valence electrons. The van der Waals surface area contributed by atoms with E-state index in [0.29, 0.717) is 12.1 Å². The van der Waals surface area contributed by atoms with Gasteiger partial charge < -0.3 is 10.1 Å². The number of methoxy groups -OCH3 is 1. The topological polar surface area (TPSA) is 21.3 Å². The van der Waals surface area contributed by atoms with Crippen LogP contribution in [-0.4, -0.2) is 25.8 Å². The molecule has 2 unspecified atom stereocenters. The molecule has 10 heavy (non-hydrogen) atoms. The van der Waals surface area contributed by atoms with E-state index in [1.54, 1.807) is 7.11 Å². The fourth-order valence-electron chi connectivity index (χ4n) is 1.14. The van der Waals surface area contributed by atoms with Crippen molar-refractivity contribution < 1.29 is 4.74 Å². The van der Waals surface area contributed by atoms with E-state index >= 15 is 0 Å². The average molecular weight is 141 g/mol. The van der Waals surface area contributed by atoms with Crippen molar-refractivity contribution in [2.45, 2.75) is 25.5 Å². The SMILES string of the molecule is COC(C)CC1C=CCN1. The number of hydrogen-bond donors (Lipinski definition) is 1. The van der Waals surface area contributed by atoms with Gasteiger partial charge in [-0.2, -0.15) is 0 Å². The van der Waals surface area contributed by atoms with Crippen LogP contribution in [0.2, 0.25) is 0 Å². The van der Waals surface area contributed by atoms with E-state index in [9.17, 15) is 0 Å². The van der Waals surface area contributed by atoms with Crippen LogP contribution in [0.15, 0.2) is 12.2 Å². The summed E-state index contributed by atoms with van der Waals surface area (Å²) in [6.45, 7) is 3.11. The third-order valence-corrected chi connectivity index (χ3v) is 1.85. The zero-order valence-corrected chi connectivity index (χ0v) is 6.63. The molecule has 0 aromatic carbocycles. The maximum absolute atomic E-state index is 5.14. The fourth-order valence-corrected chi connectivity index (χ4v) is 1.14. The van der Waals surface area contributed by atoms with Gasteiger partial charge in [0.2, 0.25) is 0 Å². The van der Waals surface area contributed by atoms with Gasteiger partial charge in [0, 0.05) is 19.7 Å². The van der Waals surface area contributed by atoms with Crippen LogP contribution < -0.4 is 5.32 Å². The maximum Gasteiger partial charge on any atom is 0.0561 e. The largest absolute Gasteiger partial charge is 0.382 e. The molecule has 2 nitrogen and oxygen atoms in total. The Morgan fingerprint density at radius 3 is 3.10 bits per heavy atom. The Balaban J connectivity index is 2.18. The molecule has 0 fully saturated rings. The van der Waals surface area contributed by atoms with Crippen molar-refractivity contribution in [3.8, 4) is 0 Å². The minimum Gasteiger partial charge on any atom is -0.382 e. The molecule has 1 heterocycles. The van der Waals surface area contributed by atoms with Crippen molar-refractivity contribution in [3.63, 3.8) is 0 Å². The van der Waals surface area contributed by atoms with E-state index in [1.807, 2.05) is 0 Å². The second-order valence-corrected chi connectivity index (χ2v) is 2.72. The quantitative estimate of drug-likeness (QED) is 0.591. The molecule has 2 atom stereocenters. The second kappa shape index (κ2) is 3.74. The van der Waals surface area contributed by atoms with E-state index in [2.05, 4.69) is 24.4 Å². The number of nitrogens with one attached hydrogen (secondary N) is 1. The van der Waals surface area contributed by atoms with Gasteiger partial charge in [-0.05, 0) is 13.3 Å². The molecule has 1 N–H and O–H groups in total. The van der Waals surface area contributed by atoms with Crippen LogP contribution in [0.3, 0.4) is 0 Å². The standard InChI is InChI=1S/C8H15NO/c1-7(10-2)6-8-4-3-5-9-8/h3-4,7-9H,5-6H2,1-2H3. The maximum atomic E-state index is 5.14. The highest BCUT2D eigenvalue weighted by atomic mass is 16.5. The van der Waals surface area contributed by atoms with E-state index in [1.165, 1.54) is 0 Å². The van der Waals surface area contributed by atoms with E-state index in [0.717, 1.165) is 13.0 Å². The Morgan fingerprint density at radius 2 is 2.60 bits per heavy atom. The lowest BCUT2D eigenvalue weighted by molar-refractivity contribution is 0.106. The molecule has 0 amide bonds. The minimum absolute atomic E-state index is 0.361. The molecule has 0 bridgehead atoms. The molecule has 0 saturated carbocycles. The molecule has 0 spiro atoms. The summed E-state index contributed by atoms with van der Waals surface area (Å²) in [4.78, 5) is 0. The van der Waals surface area contributed by atoms with Gasteiger partial charge in [0.05, 0.1) is 6.10 Å². The zero-order valence-electron chi connectivity index (χ0n) is 6.63. The van der Waals surface area contributed by atoms with Crippen LogP contribution in [0.1, 0.15) is 13.3 Å². The van der Waals surface area contributed by atoms with Gasteiger partial charge in [0.25, 0.3) is 0 Å². The predicted octanol–water partition coefficient (Wildman–Crippen LogP) is 0.939. The first kappa shape index (κ1) is 7.76. The molecule has 1 rings (SSSR count). The van der Waals surface area contributed by atoms with Crippen molar-refractivity contribution in [2.75, 3.05) is 13.7 Å². The molecule has 0 aliphatic carbocycles. The monoisotopic (exact) mass is 141 g/mol. The van der Waals surface area contributed by atoms with Crippen molar-refractivity contribution in [1.29, 1.82) is 0 Å². The Morgan fingerprint density at radius 1 is 1.80 bits per heavy atom. The lowest BCUT2D eigenvalue weighted by Crippen LogP contribution is -2.26. The van der Waals surface area contributed by atoms with Gasteiger partial charge in [-0.15, -0.1) is 0 Å². The summed E-state index contributed by atoms with van der Waals surface area (Å²) in [6.07, 6.45) is 5.80. The summed E-state index contributed by atoms with van der Waals surface area (Å²) >= 11 is 0. The van der Waals surface area contributed by atoms with Crippen molar-refractivity contribution in [2.24, 2.45) is 0 Å². The molecule has 0 aromatic heterocycles. The smallest absolute Gasteiger partial charge is 0.0561 e. The summed E-state index contributed by atoms with van der Waals surface area (Å²) < 4.78 is 5.14. The Bertz CT molecular complexity index is 122. The summed E-state index contributed by atoms with van der Waals surface area (Å²) in [5.74, 6) is 0. The molecule has 2 heteroatoms. The lowest BCUT2D eigenvalue weighted by Gasteiger charge is -2.13.